The summed E-state index contributed by atoms with van der Waals surface area (Å²) in [5.41, 5.74) is -0.545. The second kappa shape index (κ2) is 7.81. The summed E-state index contributed by atoms with van der Waals surface area (Å²) in [4.78, 5) is 22.8. The van der Waals surface area contributed by atoms with Crippen LogP contribution < -0.4 is 5.32 Å². The number of esters is 1. The molecule has 0 fully saturated rings. The zero-order chi connectivity index (χ0) is 15.1. The van der Waals surface area contributed by atoms with Crippen molar-refractivity contribution in [2.24, 2.45) is 5.92 Å². The molecule has 0 saturated heterocycles. The van der Waals surface area contributed by atoms with Crippen LogP contribution in [0.3, 0.4) is 0 Å². The van der Waals surface area contributed by atoms with Crippen LogP contribution in [0.4, 0.5) is 4.79 Å². The zero-order valence-electron chi connectivity index (χ0n) is 12.6. The standard InChI is InChI=1S/C14H25NO4/c1-7-10(2)11(8-9-12(16)18-6)15-13(17)19-14(3,4)5/h8-11H,7H2,1-6H3,(H,15,17)/b9-8+/t10-,11+/m0/s1. The maximum Gasteiger partial charge on any atom is 0.408 e. The predicted molar refractivity (Wildman–Crippen MR) is 73.8 cm³/mol. The molecule has 0 radical (unpaired) electrons. The van der Waals surface area contributed by atoms with E-state index in [1.807, 2.05) is 13.8 Å². The van der Waals surface area contributed by atoms with Crippen molar-refractivity contribution in [2.75, 3.05) is 7.11 Å². The Morgan fingerprint density at radius 3 is 2.32 bits per heavy atom. The predicted octanol–water partition coefficient (Wildman–Crippen LogP) is 2.66. The first-order chi connectivity index (χ1) is 8.69. The van der Waals surface area contributed by atoms with Crippen molar-refractivity contribution in [3.8, 4) is 0 Å². The fourth-order valence-electron chi connectivity index (χ4n) is 1.33. The number of ether oxygens (including phenoxy) is 2. The Hall–Kier alpha value is -1.52. The quantitative estimate of drug-likeness (QED) is 0.616. The van der Waals surface area contributed by atoms with Gasteiger partial charge in [0.15, 0.2) is 0 Å². The van der Waals surface area contributed by atoms with Crippen LogP contribution in [0.2, 0.25) is 0 Å². The van der Waals surface area contributed by atoms with Crippen LogP contribution in [0, 0.1) is 5.92 Å². The molecule has 2 atom stereocenters. The van der Waals surface area contributed by atoms with Gasteiger partial charge in [0.05, 0.1) is 13.2 Å². The van der Waals surface area contributed by atoms with Gasteiger partial charge in [-0.3, -0.25) is 0 Å². The van der Waals surface area contributed by atoms with Crippen molar-refractivity contribution >= 4 is 12.1 Å². The summed E-state index contributed by atoms with van der Waals surface area (Å²) in [5.74, 6) is -0.257. The van der Waals surface area contributed by atoms with Crippen LogP contribution in [0.5, 0.6) is 0 Å². The fraction of sp³-hybridized carbons (Fsp3) is 0.714. The number of nitrogens with one attached hydrogen (secondary N) is 1. The Morgan fingerprint density at radius 1 is 1.32 bits per heavy atom. The molecule has 1 amide bonds. The van der Waals surface area contributed by atoms with E-state index in [0.717, 1.165) is 6.42 Å². The maximum atomic E-state index is 11.7. The van der Waals surface area contributed by atoms with E-state index in [9.17, 15) is 9.59 Å². The smallest absolute Gasteiger partial charge is 0.408 e. The average molecular weight is 271 g/mol. The first-order valence-corrected chi connectivity index (χ1v) is 6.45. The summed E-state index contributed by atoms with van der Waals surface area (Å²) in [6.07, 6.45) is 3.32. The summed E-state index contributed by atoms with van der Waals surface area (Å²) in [5, 5.41) is 2.75. The lowest BCUT2D eigenvalue weighted by Gasteiger charge is -2.25. The van der Waals surface area contributed by atoms with E-state index in [1.54, 1.807) is 26.8 Å². The minimum atomic E-state index is -0.545. The molecule has 0 rings (SSSR count). The summed E-state index contributed by atoms with van der Waals surface area (Å²) in [6, 6.07) is -0.265. The van der Waals surface area contributed by atoms with Gasteiger partial charge < -0.3 is 14.8 Å². The molecule has 0 spiro atoms. The van der Waals surface area contributed by atoms with Crippen molar-refractivity contribution < 1.29 is 19.1 Å². The molecule has 5 nitrogen and oxygen atoms in total. The van der Waals surface area contributed by atoms with Gasteiger partial charge in [-0.1, -0.05) is 26.3 Å². The topological polar surface area (TPSA) is 64.6 Å². The van der Waals surface area contributed by atoms with E-state index >= 15 is 0 Å². The summed E-state index contributed by atoms with van der Waals surface area (Å²) in [6.45, 7) is 9.41. The molecule has 110 valence electrons. The van der Waals surface area contributed by atoms with Crippen molar-refractivity contribution in [1.82, 2.24) is 5.32 Å². The number of alkyl carbamates (subject to hydrolysis) is 1. The normalized spacial score (nSPS) is 14.8. The molecule has 0 unspecified atom stereocenters. The largest absolute Gasteiger partial charge is 0.466 e. The second-order valence-electron chi connectivity index (χ2n) is 5.44. The van der Waals surface area contributed by atoms with E-state index in [0.29, 0.717) is 0 Å². The minimum Gasteiger partial charge on any atom is -0.466 e. The minimum absolute atomic E-state index is 0.188. The highest BCUT2D eigenvalue weighted by Gasteiger charge is 2.21. The lowest BCUT2D eigenvalue weighted by atomic mass is 9.99. The Bertz CT molecular complexity index is 331. The molecule has 0 saturated carbocycles. The molecule has 0 aliphatic carbocycles. The van der Waals surface area contributed by atoms with E-state index in [1.165, 1.54) is 13.2 Å². The third kappa shape index (κ3) is 8.24. The summed E-state index contributed by atoms with van der Waals surface area (Å²) < 4.78 is 9.73. The van der Waals surface area contributed by atoms with Crippen LogP contribution in [-0.4, -0.2) is 30.8 Å². The van der Waals surface area contributed by atoms with Gasteiger partial charge in [-0.2, -0.15) is 0 Å². The maximum absolute atomic E-state index is 11.7. The van der Waals surface area contributed by atoms with Gasteiger partial charge in [-0.25, -0.2) is 9.59 Å². The van der Waals surface area contributed by atoms with Gasteiger partial charge >= 0.3 is 12.1 Å². The first kappa shape index (κ1) is 17.5. The number of amides is 1. The Kier molecular flexibility index (Phi) is 7.19. The molecule has 0 aliphatic heterocycles. The molecule has 0 aromatic rings. The molecule has 19 heavy (non-hydrogen) atoms. The zero-order valence-corrected chi connectivity index (χ0v) is 12.6. The van der Waals surface area contributed by atoms with Crippen LogP contribution in [-0.2, 0) is 14.3 Å². The third-order valence-electron chi connectivity index (χ3n) is 2.58. The van der Waals surface area contributed by atoms with E-state index < -0.39 is 17.7 Å². The highest BCUT2D eigenvalue weighted by Crippen LogP contribution is 2.12. The molecular weight excluding hydrogens is 246 g/mol. The highest BCUT2D eigenvalue weighted by molar-refractivity contribution is 5.82. The second-order valence-corrected chi connectivity index (χ2v) is 5.44. The van der Waals surface area contributed by atoms with E-state index in [-0.39, 0.29) is 12.0 Å². The molecular formula is C14H25NO4. The molecule has 5 heteroatoms. The van der Waals surface area contributed by atoms with Crippen molar-refractivity contribution in [2.45, 2.75) is 52.7 Å². The Morgan fingerprint density at radius 2 is 1.89 bits per heavy atom. The summed E-state index contributed by atoms with van der Waals surface area (Å²) in [7, 11) is 1.31. The van der Waals surface area contributed by atoms with Crippen molar-refractivity contribution in [3.05, 3.63) is 12.2 Å². The number of carbonyl (C=O) groups excluding carboxylic acids is 2. The van der Waals surface area contributed by atoms with Gasteiger partial charge in [0.1, 0.15) is 5.60 Å². The van der Waals surface area contributed by atoms with Gasteiger partial charge in [0.25, 0.3) is 0 Å². The Balaban J connectivity index is 4.65. The lowest BCUT2D eigenvalue weighted by Crippen LogP contribution is -2.41. The number of rotatable bonds is 5. The van der Waals surface area contributed by atoms with E-state index in [2.05, 4.69) is 10.1 Å². The molecule has 1 N–H and O–H groups in total. The number of hydrogen-bond donors (Lipinski definition) is 1. The van der Waals surface area contributed by atoms with Crippen LogP contribution in [0.1, 0.15) is 41.0 Å². The van der Waals surface area contributed by atoms with Crippen LogP contribution in [0.25, 0.3) is 0 Å². The van der Waals surface area contributed by atoms with Crippen molar-refractivity contribution in [1.29, 1.82) is 0 Å². The van der Waals surface area contributed by atoms with Gasteiger partial charge in [-0.15, -0.1) is 0 Å². The SMILES string of the molecule is CC[C@H](C)[C@@H](/C=C/C(=O)OC)NC(=O)OC(C)(C)C. The summed E-state index contributed by atoms with van der Waals surface area (Å²) >= 11 is 0. The van der Waals surface area contributed by atoms with Gasteiger partial charge in [0.2, 0.25) is 0 Å². The van der Waals surface area contributed by atoms with Gasteiger partial charge in [0, 0.05) is 6.08 Å². The van der Waals surface area contributed by atoms with Crippen LogP contribution >= 0.6 is 0 Å². The van der Waals surface area contributed by atoms with E-state index in [4.69, 9.17) is 4.74 Å². The average Bonchev–Trinajstić information content (AvgIpc) is 2.30. The third-order valence-corrected chi connectivity index (χ3v) is 2.58. The number of methoxy groups -OCH3 is 1. The Labute approximate surface area is 115 Å². The lowest BCUT2D eigenvalue weighted by molar-refractivity contribution is -0.134. The first-order valence-electron chi connectivity index (χ1n) is 6.45. The number of carbonyl (C=O) groups is 2. The fourth-order valence-corrected chi connectivity index (χ4v) is 1.33. The molecule has 0 bridgehead atoms. The van der Waals surface area contributed by atoms with Crippen molar-refractivity contribution in [3.63, 3.8) is 0 Å². The molecule has 0 heterocycles. The highest BCUT2D eigenvalue weighted by atomic mass is 16.6. The van der Waals surface area contributed by atoms with Crippen LogP contribution in [0.15, 0.2) is 12.2 Å². The van der Waals surface area contributed by atoms with Gasteiger partial charge in [-0.05, 0) is 26.7 Å². The molecule has 0 aliphatic rings. The monoisotopic (exact) mass is 271 g/mol. The molecule has 0 aromatic carbocycles. The number of hydrogen-bond acceptors (Lipinski definition) is 4. The molecule has 0 aromatic heterocycles.